The lowest BCUT2D eigenvalue weighted by molar-refractivity contribution is 0.374. The molecule has 0 unspecified atom stereocenters. The molecule has 0 aliphatic rings. The van der Waals surface area contributed by atoms with E-state index in [9.17, 15) is 5.11 Å². The third-order valence-electron chi connectivity index (χ3n) is 2.60. The summed E-state index contributed by atoms with van der Waals surface area (Å²) in [5.41, 5.74) is 8.15. The number of nitrogen functional groups attached to an aromatic ring is 1. The summed E-state index contributed by atoms with van der Waals surface area (Å²) in [5, 5.41) is 16.4. The lowest BCUT2D eigenvalue weighted by Gasteiger charge is -2.14. The first-order valence-corrected chi connectivity index (χ1v) is 5.70. The fourth-order valence-electron chi connectivity index (χ4n) is 1.74. The first-order valence-electron chi connectivity index (χ1n) is 4.91. The Balaban J connectivity index is 2.80. The number of aromatic nitrogens is 2. The van der Waals surface area contributed by atoms with Crippen LogP contribution >= 0.6 is 15.9 Å². The van der Waals surface area contributed by atoms with Crippen LogP contribution in [0.3, 0.4) is 0 Å². The van der Waals surface area contributed by atoms with E-state index in [-0.39, 0.29) is 5.75 Å². The monoisotopic (exact) mass is 297 g/mol. The van der Waals surface area contributed by atoms with Crippen LogP contribution in [0.1, 0.15) is 5.56 Å². The Morgan fingerprint density at radius 3 is 2.76 bits per heavy atom. The van der Waals surface area contributed by atoms with Crippen molar-refractivity contribution >= 4 is 21.7 Å². The predicted octanol–water partition coefficient (Wildman–Crippen LogP) is 2.44. The van der Waals surface area contributed by atoms with Crippen molar-refractivity contribution in [2.75, 3.05) is 12.8 Å². The van der Waals surface area contributed by atoms with E-state index in [0.717, 1.165) is 15.6 Å². The van der Waals surface area contributed by atoms with Gasteiger partial charge in [-0.15, -0.1) is 0 Å². The summed E-state index contributed by atoms with van der Waals surface area (Å²) >= 11 is 3.38. The fraction of sp³-hybridized carbons (Fsp3) is 0.182. The topological polar surface area (TPSA) is 84.2 Å². The van der Waals surface area contributed by atoms with Crippen LogP contribution in [0, 0.1) is 6.92 Å². The zero-order valence-corrected chi connectivity index (χ0v) is 11.0. The normalized spacial score (nSPS) is 10.5. The standard InChI is InChI=1S/C11H12BrN3O2/c1-5-7(12)3-8(16)10(17-2)9(5)6-4-14-15-11(6)13/h3-4,16H,1-2H3,(H3,13,14,15). The highest BCUT2D eigenvalue weighted by molar-refractivity contribution is 9.10. The molecule has 1 aromatic heterocycles. The Bertz CT molecular complexity index is 566. The summed E-state index contributed by atoms with van der Waals surface area (Å²) in [6, 6.07) is 1.59. The first kappa shape index (κ1) is 11.8. The molecule has 0 saturated heterocycles. The highest BCUT2D eigenvalue weighted by Crippen LogP contribution is 2.44. The number of aromatic amines is 1. The zero-order valence-electron chi connectivity index (χ0n) is 9.41. The van der Waals surface area contributed by atoms with Crippen LogP contribution < -0.4 is 10.5 Å². The molecule has 6 heteroatoms. The maximum atomic E-state index is 9.86. The van der Waals surface area contributed by atoms with Gasteiger partial charge < -0.3 is 15.6 Å². The van der Waals surface area contributed by atoms with E-state index in [2.05, 4.69) is 26.1 Å². The number of anilines is 1. The van der Waals surface area contributed by atoms with Crippen molar-refractivity contribution in [3.8, 4) is 22.6 Å². The maximum absolute atomic E-state index is 9.86. The molecular formula is C11H12BrN3O2. The number of halogens is 1. The molecule has 0 spiro atoms. The van der Waals surface area contributed by atoms with Gasteiger partial charge in [0.15, 0.2) is 11.5 Å². The zero-order chi connectivity index (χ0) is 12.6. The van der Waals surface area contributed by atoms with Gasteiger partial charge in [0.25, 0.3) is 0 Å². The van der Waals surface area contributed by atoms with Crippen molar-refractivity contribution in [3.63, 3.8) is 0 Å². The van der Waals surface area contributed by atoms with Gasteiger partial charge in [-0.3, -0.25) is 5.10 Å². The largest absolute Gasteiger partial charge is 0.504 e. The molecule has 0 aliphatic carbocycles. The average molecular weight is 298 g/mol. The summed E-state index contributed by atoms with van der Waals surface area (Å²) in [6.45, 7) is 1.91. The van der Waals surface area contributed by atoms with Gasteiger partial charge in [-0.1, -0.05) is 15.9 Å². The van der Waals surface area contributed by atoms with Crippen molar-refractivity contribution in [3.05, 3.63) is 22.3 Å². The molecule has 0 atom stereocenters. The first-order chi connectivity index (χ1) is 8.06. The van der Waals surface area contributed by atoms with Crippen LogP contribution in [-0.2, 0) is 0 Å². The van der Waals surface area contributed by atoms with Crippen LogP contribution in [0.2, 0.25) is 0 Å². The maximum Gasteiger partial charge on any atom is 0.168 e. The van der Waals surface area contributed by atoms with Gasteiger partial charge in [0.1, 0.15) is 5.82 Å². The number of benzene rings is 1. The molecule has 0 fully saturated rings. The van der Waals surface area contributed by atoms with E-state index in [1.165, 1.54) is 7.11 Å². The van der Waals surface area contributed by atoms with Crippen molar-refractivity contribution in [1.29, 1.82) is 0 Å². The summed E-state index contributed by atoms with van der Waals surface area (Å²) in [4.78, 5) is 0. The number of hydrogen-bond acceptors (Lipinski definition) is 4. The van der Waals surface area contributed by atoms with Gasteiger partial charge in [-0.05, 0) is 18.6 Å². The number of aromatic hydroxyl groups is 1. The molecule has 2 rings (SSSR count). The number of methoxy groups -OCH3 is 1. The third-order valence-corrected chi connectivity index (χ3v) is 3.42. The highest BCUT2D eigenvalue weighted by atomic mass is 79.9. The van der Waals surface area contributed by atoms with E-state index >= 15 is 0 Å². The van der Waals surface area contributed by atoms with Gasteiger partial charge in [0, 0.05) is 15.6 Å². The number of nitrogens with two attached hydrogens (primary N) is 1. The minimum absolute atomic E-state index is 0.0561. The number of nitrogens with zero attached hydrogens (tertiary/aromatic N) is 1. The quantitative estimate of drug-likeness (QED) is 0.795. The summed E-state index contributed by atoms with van der Waals surface area (Å²) in [7, 11) is 1.50. The lowest BCUT2D eigenvalue weighted by atomic mass is 10.0. The highest BCUT2D eigenvalue weighted by Gasteiger charge is 2.19. The van der Waals surface area contributed by atoms with Gasteiger partial charge in [-0.2, -0.15) is 5.10 Å². The molecule has 0 amide bonds. The molecule has 1 heterocycles. The Hall–Kier alpha value is -1.69. The van der Waals surface area contributed by atoms with Gasteiger partial charge in [0.2, 0.25) is 0 Å². The average Bonchev–Trinajstić information content (AvgIpc) is 2.69. The number of H-pyrrole nitrogens is 1. The van der Waals surface area contributed by atoms with Gasteiger partial charge in [-0.25, -0.2) is 0 Å². The number of phenols is 1. The number of phenolic OH excluding ortho intramolecular Hbond substituents is 1. The van der Waals surface area contributed by atoms with Crippen LogP contribution in [0.25, 0.3) is 11.1 Å². The second kappa shape index (κ2) is 4.29. The second-order valence-corrected chi connectivity index (χ2v) is 4.46. The minimum Gasteiger partial charge on any atom is -0.504 e. The summed E-state index contributed by atoms with van der Waals surface area (Å²) in [6.07, 6.45) is 1.60. The molecule has 0 aliphatic heterocycles. The second-order valence-electron chi connectivity index (χ2n) is 3.61. The van der Waals surface area contributed by atoms with Gasteiger partial charge >= 0.3 is 0 Å². The van der Waals surface area contributed by atoms with Crippen LogP contribution in [0.15, 0.2) is 16.7 Å². The molecule has 0 radical (unpaired) electrons. The summed E-state index contributed by atoms with van der Waals surface area (Å²) < 4.78 is 6.01. The summed E-state index contributed by atoms with van der Waals surface area (Å²) in [5.74, 6) is 0.878. The molecular weight excluding hydrogens is 286 g/mol. The van der Waals surface area contributed by atoms with E-state index in [1.807, 2.05) is 6.92 Å². The van der Waals surface area contributed by atoms with Gasteiger partial charge in [0.05, 0.1) is 13.3 Å². The van der Waals surface area contributed by atoms with Crippen LogP contribution in [0.5, 0.6) is 11.5 Å². The van der Waals surface area contributed by atoms with Crippen LogP contribution in [0.4, 0.5) is 5.82 Å². The van der Waals surface area contributed by atoms with Crippen LogP contribution in [-0.4, -0.2) is 22.4 Å². The number of hydrogen-bond donors (Lipinski definition) is 3. The Labute approximate surface area is 107 Å². The third kappa shape index (κ3) is 1.84. The van der Waals surface area contributed by atoms with E-state index in [0.29, 0.717) is 17.1 Å². The predicted molar refractivity (Wildman–Crippen MR) is 69.1 cm³/mol. The van der Waals surface area contributed by atoms with E-state index in [1.54, 1.807) is 12.3 Å². The molecule has 5 nitrogen and oxygen atoms in total. The van der Waals surface area contributed by atoms with Crippen molar-refractivity contribution in [2.45, 2.75) is 6.92 Å². The fourth-order valence-corrected chi connectivity index (χ4v) is 2.15. The molecule has 2 aromatic rings. The SMILES string of the molecule is COc1c(O)cc(Br)c(C)c1-c1cn[nH]c1N. The number of rotatable bonds is 2. The molecule has 17 heavy (non-hydrogen) atoms. The number of nitrogens with one attached hydrogen (secondary N) is 1. The van der Waals surface area contributed by atoms with Crippen molar-refractivity contribution < 1.29 is 9.84 Å². The van der Waals surface area contributed by atoms with Crippen molar-refractivity contribution in [1.82, 2.24) is 10.2 Å². The number of ether oxygens (including phenoxy) is 1. The molecule has 90 valence electrons. The Morgan fingerprint density at radius 1 is 1.53 bits per heavy atom. The Kier molecular flexibility index (Phi) is 2.97. The van der Waals surface area contributed by atoms with E-state index < -0.39 is 0 Å². The minimum atomic E-state index is 0.0561. The Morgan fingerprint density at radius 2 is 2.24 bits per heavy atom. The molecule has 0 saturated carbocycles. The smallest absolute Gasteiger partial charge is 0.168 e. The molecule has 1 aromatic carbocycles. The lowest BCUT2D eigenvalue weighted by Crippen LogP contribution is -1.95. The molecule has 0 bridgehead atoms. The van der Waals surface area contributed by atoms with Crippen molar-refractivity contribution in [2.24, 2.45) is 0 Å². The van der Waals surface area contributed by atoms with E-state index in [4.69, 9.17) is 10.5 Å². The molecule has 4 N–H and O–H groups in total.